The summed E-state index contributed by atoms with van der Waals surface area (Å²) in [5, 5.41) is 12.8. The average molecular weight is 713 g/mol. The van der Waals surface area contributed by atoms with Crippen LogP contribution in [0.25, 0.3) is 5.57 Å². The van der Waals surface area contributed by atoms with Crippen molar-refractivity contribution >= 4 is 33.8 Å². The molecule has 5 aliphatic carbocycles. The van der Waals surface area contributed by atoms with Crippen molar-refractivity contribution in [2.75, 3.05) is 11.4 Å². The molecule has 1 aromatic heterocycles. The van der Waals surface area contributed by atoms with Crippen LogP contribution in [0.3, 0.4) is 0 Å². The summed E-state index contributed by atoms with van der Waals surface area (Å²) in [7, 11) is 0. The lowest BCUT2D eigenvalue weighted by Crippen LogP contribution is -2.69. The topological polar surface area (TPSA) is 70.5 Å². The third-order valence-corrected chi connectivity index (χ3v) is 17.6. The van der Waals surface area contributed by atoms with Gasteiger partial charge in [-0.15, -0.1) is 11.3 Å². The Balaban J connectivity index is 1.26. The standard InChI is InChI=1S/C45H64N2O3S/c1-10-31-27-51-40(46-31)47(26-32(48)11-2)45-23-18-33(28(3)4)38(45)35-16-17-37-42(7)21-19-34(29-12-14-30(15-13-29)39(49)50)41(5,6)36(42)20-22-44(37,9)43(35,8)24-25-45/h12-15,19,27-28,33,35-38H,10-11,16-18,20-26H2,1-9H3,(H,49,50)/t33-,35+,36?,37?,38?,42-,43+,44+,45-/m0/s1. The van der Waals surface area contributed by atoms with Gasteiger partial charge in [0.15, 0.2) is 10.9 Å². The molecule has 0 bridgehead atoms. The number of aromatic carboxylic acids is 1. The lowest BCUT2D eigenvalue weighted by Gasteiger charge is -2.73. The van der Waals surface area contributed by atoms with E-state index in [2.05, 4.69) is 71.7 Å². The van der Waals surface area contributed by atoms with E-state index in [0.29, 0.717) is 59.8 Å². The number of Topliss-reactive ketones (excluding diaryl/α,β-unsaturated/α-hetero) is 1. The molecule has 0 amide bonds. The Hall–Kier alpha value is -2.47. The first-order valence-corrected chi connectivity index (χ1v) is 21.2. The van der Waals surface area contributed by atoms with E-state index in [1.807, 2.05) is 19.1 Å². The highest BCUT2D eigenvalue weighted by atomic mass is 32.1. The summed E-state index contributed by atoms with van der Waals surface area (Å²) in [5.74, 6) is 3.21. The van der Waals surface area contributed by atoms with Crippen LogP contribution >= 0.6 is 11.3 Å². The number of nitrogens with zero attached hydrogens (tertiary/aromatic N) is 2. The van der Waals surface area contributed by atoms with Gasteiger partial charge in [0.25, 0.3) is 0 Å². The van der Waals surface area contributed by atoms with Crippen LogP contribution in [-0.4, -0.2) is 33.9 Å². The molecule has 3 unspecified atom stereocenters. The molecule has 0 saturated heterocycles. The van der Waals surface area contributed by atoms with Crippen molar-refractivity contribution in [3.05, 3.63) is 52.5 Å². The van der Waals surface area contributed by atoms with Crippen LogP contribution in [0.4, 0.5) is 5.13 Å². The Morgan fingerprint density at radius 1 is 0.922 bits per heavy atom. The number of anilines is 1. The molecule has 0 aliphatic heterocycles. The Labute approximate surface area is 312 Å². The van der Waals surface area contributed by atoms with E-state index in [1.165, 1.54) is 56.1 Å². The maximum Gasteiger partial charge on any atom is 0.335 e. The number of fused-ring (bicyclic) bond motifs is 7. The Morgan fingerprint density at radius 2 is 1.65 bits per heavy atom. The second-order valence-electron chi connectivity index (χ2n) is 19.1. The van der Waals surface area contributed by atoms with Crippen molar-refractivity contribution in [2.45, 2.75) is 138 Å². The van der Waals surface area contributed by atoms with Gasteiger partial charge in [0.1, 0.15) is 0 Å². The van der Waals surface area contributed by atoms with Gasteiger partial charge in [-0.2, -0.15) is 0 Å². The molecule has 1 aromatic carbocycles. The van der Waals surface area contributed by atoms with E-state index >= 15 is 0 Å². The van der Waals surface area contributed by atoms with Crippen molar-refractivity contribution < 1.29 is 14.7 Å². The highest BCUT2D eigenvalue weighted by molar-refractivity contribution is 7.13. The van der Waals surface area contributed by atoms with Crippen LogP contribution in [0.15, 0.2) is 35.7 Å². The fourth-order valence-corrected chi connectivity index (χ4v) is 15.0. The fourth-order valence-electron chi connectivity index (χ4n) is 14.0. The first kappa shape index (κ1) is 36.9. The number of carbonyl (C=O) groups is 2. The predicted molar refractivity (Wildman–Crippen MR) is 210 cm³/mol. The van der Waals surface area contributed by atoms with Crippen molar-refractivity contribution in [3.63, 3.8) is 0 Å². The number of hydrogen-bond acceptors (Lipinski definition) is 5. The molecule has 1 heterocycles. The largest absolute Gasteiger partial charge is 0.478 e. The Morgan fingerprint density at radius 3 is 2.27 bits per heavy atom. The van der Waals surface area contributed by atoms with Crippen LogP contribution in [-0.2, 0) is 11.2 Å². The van der Waals surface area contributed by atoms with Gasteiger partial charge in [-0.1, -0.05) is 80.5 Å². The molecule has 5 nitrogen and oxygen atoms in total. The molecule has 51 heavy (non-hydrogen) atoms. The number of aryl methyl sites for hydroxylation is 1. The maximum atomic E-state index is 13.4. The van der Waals surface area contributed by atoms with Crippen molar-refractivity contribution in [1.29, 1.82) is 0 Å². The number of hydrogen-bond donors (Lipinski definition) is 1. The number of ketones is 1. The van der Waals surface area contributed by atoms with Gasteiger partial charge < -0.3 is 10.0 Å². The molecule has 2 aromatic rings. The fraction of sp³-hybridized carbons (Fsp3) is 0.711. The van der Waals surface area contributed by atoms with Crippen molar-refractivity contribution in [3.8, 4) is 0 Å². The minimum absolute atomic E-state index is 0.00222. The second-order valence-corrected chi connectivity index (χ2v) is 20.0. The number of rotatable bonds is 9. The average Bonchev–Trinajstić information content (AvgIpc) is 3.73. The molecule has 1 N–H and O–H groups in total. The maximum absolute atomic E-state index is 13.4. The number of aromatic nitrogens is 1. The summed E-state index contributed by atoms with van der Waals surface area (Å²) < 4.78 is 0. The molecule has 5 aliphatic rings. The van der Waals surface area contributed by atoms with E-state index < -0.39 is 5.97 Å². The van der Waals surface area contributed by atoms with Gasteiger partial charge >= 0.3 is 5.97 Å². The number of benzene rings is 1. The summed E-state index contributed by atoms with van der Waals surface area (Å²) in [6, 6.07) is 7.61. The van der Waals surface area contributed by atoms with Gasteiger partial charge in [-0.05, 0) is 145 Å². The molecular weight excluding hydrogens is 649 g/mol. The van der Waals surface area contributed by atoms with Crippen LogP contribution in [0.2, 0.25) is 0 Å². The first-order valence-electron chi connectivity index (χ1n) is 20.4. The highest BCUT2D eigenvalue weighted by Gasteiger charge is 2.71. The van der Waals surface area contributed by atoms with Crippen molar-refractivity contribution in [2.24, 2.45) is 57.2 Å². The molecule has 0 spiro atoms. The summed E-state index contributed by atoms with van der Waals surface area (Å²) in [6.45, 7) is 22.7. The smallest absolute Gasteiger partial charge is 0.335 e. The quantitative estimate of drug-likeness (QED) is 0.280. The molecule has 6 heteroatoms. The molecule has 7 rings (SSSR count). The van der Waals surface area contributed by atoms with Gasteiger partial charge in [-0.25, -0.2) is 9.78 Å². The highest BCUT2D eigenvalue weighted by Crippen LogP contribution is 2.77. The van der Waals surface area contributed by atoms with E-state index in [9.17, 15) is 14.7 Å². The van der Waals surface area contributed by atoms with Gasteiger partial charge in [0, 0.05) is 17.3 Å². The zero-order valence-electron chi connectivity index (χ0n) is 33.0. The van der Waals surface area contributed by atoms with Crippen molar-refractivity contribution in [1.82, 2.24) is 4.98 Å². The lowest BCUT2D eigenvalue weighted by atomic mass is 9.32. The summed E-state index contributed by atoms with van der Waals surface area (Å²) in [5.41, 5.74) is 4.80. The minimum atomic E-state index is -0.866. The van der Waals surface area contributed by atoms with E-state index in [-0.39, 0.29) is 27.2 Å². The third kappa shape index (κ3) is 5.36. The summed E-state index contributed by atoms with van der Waals surface area (Å²) >= 11 is 1.77. The zero-order chi connectivity index (χ0) is 36.7. The molecule has 4 saturated carbocycles. The number of thiazole rings is 1. The second kappa shape index (κ2) is 12.8. The zero-order valence-corrected chi connectivity index (χ0v) is 33.8. The van der Waals surface area contributed by atoms with Gasteiger partial charge in [0.05, 0.1) is 17.8 Å². The SMILES string of the molecule is CCC(=O)CN(c1nc(CC)cs1)[C@]12CC[C@@H](C(C)C)C1[C@H]1CCC3[C@@]4(C)CC=C(c5ccc(C(=O)O)cc5)C(C)(C)C4CC[C@@]3(C)[C@]1(C)CC2. The molecule has 0 radical (unpaired) electrons. The minimum Gasteiger partial charge on any atom is -0.478 e. The van der Waals surface area contributed by atoms with Gasteiger partial charge in [-0.3, -0.25) is 4.79 Å². The lowest BCUT2D eigenvalue weighted by molar-refractivity contribution is -0.219. The van der Waals surface area contributed by atoms with Crippen LogP contribution in [0.5, 0.6) is 0 Å². The Kier molecular flexibility index (Phi) is 9.28. The third-order valence-electron chi connectivity index (χ3n) is 16.7. The van der Waals surface area contributed by atoms with Crippen LogP contribution in [0, 0.1) is 57.2 Å². The molecule has 4 fully saturated rings. The first-order chi connectivity index (χ1) is 24.1. The van der Waals surface area contributed by atoms with Crippen LogP contribution < -0.4 is 4.90 Å². The number of allylic oxidation sites excluding steroid dienone is 2. The predicted octanol–water partition coefficient (Wildman–Crippen LogP) is 11.4. The number of carboxylic acid groups (broad SMARTS) is 1. The van der Waals surface area contributed by atoms with Gasteiger partial charge in [0.2, 0.25) is 0 Å². The van der Waals surface area contributed by atoms with Crippen LogP contribution in [0.1, 0.15) is 148 Å². The van der Waals surface area contributed by atoms with E-state index in [4.69, 9.17) is 4.98 Å². The monoisotopic (exact) mass is 712 g/mol. The van der Waals surface area contributed by atoms with E-state index in [0.717, 1.165) is 30.1 Å². The summed E-state index contributed by atoms with van der Waals surface area (Å²) in [4.78, 5) is 32.8. The Bertz CT molecular complexity index is 1690. The number of carbonyl (C=O) groups excluding carboxylic acids is 1. The van der Waals surface area contributed by atoms with E-state index in [1.54, 1.807) is 23.5 Å². The molecule has 9 atom stereocenters. The number of carboxylic acids is 1. The molecule has 278 valence electrons. The molecular formula is C45H64N2O3S. The normalized spacial score (nSPS) is 38.2. The summed E-state index contributed by atoms with van der Waals surface area (Å²) in [6.07, 6.45) is 15.1.